The van der Waals surface area contributed by atoms with Crippen molar-refractivity contribution in [1.29, 1.82) is 0 Å². The number of hydrogen-bond acceptors (Lipinski definition) is 1. The molecule has 1 aromatic rings. The van der Waals surface area contributed by atoms with Gasteiger partial charge in [-0.05, 0) is 37.0 Å². The quantitative estimate of drug-likeness (QED) is 0.466. The van der Waals surface area contributed by atoms with Crippen LogP contribution in [0.5, 0.6) is 0 Å². The summed E-state index contributed by atoms with van der Waals surface area (Å²) in [7, 11) is 0. The third kappa shape index (κ3) is 8.38. The van der Waals surface area contributed by atoms with Crippen molar-refractivity contribution >= 4 is 17.3 Å². The molecule has 1 N–H and O–H groups in total. The summed E-state index contributed by atoms with van der Waals surface area (Å²) in [6.07, 6.45) is 8.60. The van der Waals surface area contributed by atoms with Gasteiger partial charge < -0.3 is 10.2 Å². The van der Waals surface area contributed by atoms with Crippen molar-refractivity contribution in [3.8, 4) is 0 Å². The van der Waals surface area contributed by atoms with Gasteiger partial charge in [0.05, 0.1) is 0 Å². The molecule has 1 aromatic carbocycles. The maximum atomic E-state index is 5.60. The summed E-state index contributed by atoms with van der Waals surface area (Å²) in [5.74, 6) is 0. The first-order valence-electron chi connectivity index (χ1n) is 8.84. The molecule has 0 spiro atoms. The molecule has 22 heavy (non-hydrogen) atoms. The highest BCUT2D eigenvalue weighted by atomic mass is 32.1. The second-order valence-corrected chi connectivity index (χ2v) is 6.26. The molecule has 0 saturated heterocycles. The Balaban J connectivity index is 2.33. The van der Waals surface area contributed by atoms with E-state index in [-0.39, 0.29) is 0 Å². The smallest absolute Gasteiger partial charge is 0.168 e. The summed E-state index contributed by atoms with van der Waals surface area (Å²) in [6, 6.07) is 10.6. The minimum absolute atomic E-state index is 0.918. The van der Waals surface area contributed by atoms with Crippen LogP contribution in [0, 0.1) is 0 Å². The van der Waals surface area contributed by atoms with Gasteiger partial charge in [0.1, 0.15) is 0 Å². The summed E-state index contributed by atoms with van der Waals surface area (Å²) in [4.78, 5) is 2.37. The third-order valence-electron chi connectivity index (χ3n) is 3.88. The molecule has 0 unspecified atom stereocenters. The first-order chi connectivity index (χ1) is 10.8. The maximum Gasteiger partial charge on any atom is 0.168 e. The van der Waals surface area contributed by atoms with Crippen LogP contribution in [0.15, 0.2) is 30.3 Å². The second kappa shape index (κ2) is 12.5. The SMILES string of the molecule is CCCCCN(CCCCC)C(=S)NCCc1ccccc1. The van der Waals surface area contributed by atoms with Crippen molar-refractivity contribution in [2.24, 2.45) is 0 Å². The molecule has 0 saturated carbocycles. The van der Waals surface area contributed by atoms with Gasteiger partial charge in [0.25, 0.3) is 0 Å². The number of benzene rings is 1. The van der Waals surface area contributed by atoms with Crippen molar-refractivity contribution in [1.82, 2.24) is 10.2 Å². The normalized spacial score (nSPS) is 10.5. The van der Waals surface area contributed by atoms with Gasteiger partial charge in [-0.1, -0.05) is 69.9 Å². The van der Waals surface area contributed by atoms with Gasteiger partial charge >= 0.3 is 0 Å². The number of hydrogen-bond donors (Lipinski definition) is 1. The van der Waals surface area contributed by atoms with Crippen LogP contribution in [0.1, 0.15) is 57.9 Å². The van der Waals surface area contributed by atoms with Crippen molar-refractivity contribution in [2.75, 3.05) is 19.6 Å². The predicted octanol–water partition coefficient (Wildman–Crippen LogP) is 4.79. The van der Waals surface area contributed by atoms with Crippen LogP contribution in [0.2, 0.25) is 0 Å². The molecule has 0 aromatic heterocycles. The average Bonchev–Trinajstić information content (AvgIpc) is 2.54. The largest absolute Gasteiger partial charge is 0.362 e. The Bertz CT molecular complexity index is 382. The van der Waals surface area contributed by atoms with E-state index in [2.05, 4.69) is 54.4 Å². The monoisotopic (exact) mass is 320 g/mol. The summed E-state index contributed by atoms with van der Waals surface area (Å²) in [5.41, 5.74) is 1.36. The van der Waals surface area contributed by atoms with Gasteiger partial charge in [0.15, 0.2) is 5.11 Å². The minimum Gasteiger partial charge on any atom is -0.362 e. The Kier molecular flexibility index (Phi) is 10.7. The van der Waals surface area contributed by atoms with Crippen LogP contribution in [0.25, 0.3) is 0 Å². The molecule has 0 heterocycles. The fraction of sp³-hybridized carbons (Fsp3) is 0.632. The molecular formula is C19H32N2S. The summed E-state index contributed by atoms with van der Waals surface area (Å²) in [6.45, 7) is 7.60. The molecule has 124 valence electrons. The molecule has 0 radical (unpaired) electrons. The molecule has 0 aliphatic carbocycles. The Labute approximate surface area is 142 Å². The van der Waals surface area contributed by atoms with E-state index in [1.54, 1.807) is 0 Å². The molecule has 0 atom stereocenters. The van der Waals surface area contributed by atoms with Gasteiger partial charge in [-0.3, -0.25) is 0 Å². The van der Waals surface area contributed by atoms with Crippen molar-refractivity contribution in [2.45, 2.75) is 58.8 Å². The number of thiocarbonyl (C=S) groups is 1. The second-order valence-electron chi connectivity index (χ2n) is 5.87. The topological polar surface area (TPSA) is 15.3 Å². The van der Waals surface area contributed by atoms with E-state index in [1.165, 1.54) is 44.1 Å². The molecule has 0 fully saturated rings. The molecule has 3 heteroatoms. The van der Waals surface area contributed by atoms with Gasteiger partial charge in [0.2, 0.25) is 0 Å². The molecule has 0 amide bonds. The van der Waals surface area contributed by atoms with E-state index in [0.717, 1.165) is 31.2 Å². The highest BCUT2D eigenvalue weighted by molar-refractivity contribution is 7.80. The van der Waals surface area contributed by atoms with Crippen LogP contribution < -0.4 is 5.32 Å². The van der Waals surface area contributed by atoms with Crippen LogP contribution in [0.3, 0.4) is 0 Å². The number of nitrogens with zero attached hydrogens (tertiary/aromatic N) is 1. The lowest BCUT2D eigenvalue weighted by atomic mass is 10.1. The fourth-order valence-electron chi connectivity index (χ4n) is 2.49. The van der Waals surface area contributed by atoms with E-state index in [0.29, 0.717) is 0 Å². The van der Waals surface area contributed by atoms with E-state index in [1.807, 2.05) is 0 Å². The lowest BCUT2D eigenvalue weighted by molar-refractivity contribution is 0.385. The van der Waals surface area contributed by atoms with E-state index < -0.39 is 0 Å². The highest BCUT2D eigenvalue weighted by Gasteiger charge is 2.08. The lowest BCUT2D eigenvalue weighted by Gasteiger charge is -2.26. The maximum absolute atomic E-state index is 5.60. The van der Waals surface area contributed by atoms with E-state index in [4.69, 9.17) is 12.2 Å². The van der Waals surface area contributed by atoms with Crippen molar-refractivity contribution in [3.05, 3.63) is 35.9 Å². The van der Waals surface area contributed by atoms with Crippen molar-refractivity contribution in [3.63, 3.8) is 0 Å². The average molecular weight is 321 g/mol. The summed E-state index contributed by atoms with van der Waals surface area (Å²) in [5, 5.41) is 4.38. The predicted molar refractivity (Wildman–Crippen MR) is 101 cm³/mol. The molecule has 2 nitrogen and oxygen atoms in total. The molecule has 0 aliphatic rings. The zero-order valence-corrected chi connectivity index (χ0v) is 15.1. The summed E-state index contributed by atoms with van der Waals surface area (Å²) < 4.78 is 0. The molecule has 1 rings (SSSR count). The van der Waals surface area contributed by atoms with Crippen molar-refractivity contribution < 1.29 is 0 Å². The van der Waals surface area contributed by atoms with Gasteiger partial charge in [-0.15, -0.1) is 0 Å². The van der Waals surface area contributed by atoms with Gasteiger partial charge in [0, 0.05) is 19.6 Å². The third-order valence-corrected chi connectivity index (χ3v) is 4.29. The Morgan fingerprint density at radius 1 is 0.955 bits per heavy atom. The van der Waals surface area contributed by atoms with Crippen LogP contribution in [0.4, 0.5) is 0 Å². The standard InChI is InChI=1S/C19H32N2S/c1-3-5-10-16-21(17-11-6-4-2)19(22)20-15-14-18-12-8-7-9-13-18/h7-9,12-13H,3-6,10-11,14-17H2,1-2H3,(H,20,22). The lowest BCUT2D eigenvalue weighted by Crippen LogP contribution is -2.41. The molecule has 0 bridgehead atoms. The van der Waals surface area contributed by atoms with E-state index >= 15 is 0 Å². The summed E-state index contributed by atoms with van der Waals surface area (Å²) >= 11 is 5.60. The minimum atomic E-state index is 0.918. The Morgan fingerprint density at radius 3 is 2.09 bits per heavy atom. The Hall–Kier alpha value is -1.09. The highest BCUT2D eigenvalue weighted by Crippen LogP contribution is 2.04. The first-order valence-corrected chi connectivity index (χ1v) is 9.25. The fourth-order valence-corrected chi connectivity index (χ4v) is 2.78. The van der Waals surface area contributed by atoms with Crippen LogP contribution >= 0.6 is 12.2 Å². The van der Waals surface area contributed by atoms with Gasteiger partial charge in [-0.2, -0.15) is 0 Å². The van der Waals surface area contributed by atoms with Gasteiger partial charge in [-0.25, -0.2) is 0 Å². The molecule has 0 aliphatic heterocycles. The zero-order chi connectivity index (χ0) is 16.0. The number of rotatable bonds is 11. The molecular weight excluding hydrogens is 288 g/mol. The Morgan fingerprint density at radius 2 is 1.55 bits per heavy atom. The number of nitrogens with one attached hydrogen (secondary N) is 1. The van der Waals surface area contributed by atoms with E-state index in [9.17, 15) is 0 Å². The van der Waals surface area contributed by atoms with Crippen LogP contribution in [-0.4, -0.2) is 29.6 Å². The van der Waals surface area contributed by atoms with Crippen LogP contribution in [-0.2, 0) is 6.42 Å². The zero-order valence-electron chi connectivity index (χ0n) is 14.3. The number of unbranched alkanes of at least 4 members (excludes halogenated alkanes) is 4. The first kappa shape index (κ1) is 19.0.